The Balaban J connectivity index is 2.12. The molecule has 21 heavy (non-hydrogen) atoms. The van der Waals surface area contributed by atoms with Gasteiger partial charge in [0.15, 0.2) is 5.82 Å². The molecular weight excluding hydrogens is 268 g/mol. The summed E-state index contributed by atoms with van der Waals surface area (Å²) in [5, 5.41) is 22.8. The Morgan fingerprint density at radius 3 is 2.81 bits per heavy atom. The maximum atomic E-state index is 10.9. The molecule has 1 atom stereocenters. The van der Waals surface area contributed by atoms with E-state index in [2.05, 4.69) is 15.5 Å². The molecule has 2 aromatic carbocycles. The fraction of sp³-hybridized carbons (Fsp3) is 0.200. The third-order valence-corrected chi connectivity index (χ3v) is 3.41. The molecule has 0 aliphatic heterocycles. The van der Waals surface area contributed by atoms with Gasteiger partial charge in [-0.05, 0) is 28.1 Å². The van der Waals surface area contributed by atoms with Crippen LogP contribution in [-0.2, 0) is 4.79 Å². The van der Waals surface area contributed by atoms with Gasteiger partial charge < -0.3 is 5.11 Å². The Hall–Kier alpha value is -2.76. The molecule has 3 rings (SSSR count). The number of aromatic nitrogens is 4. The van der Waals surface area contributed by atoms with Crippen LogP contribution in [0.15, 0.2) is 42.5 Å². The first-order chi connectivity index (χ1) is 10.2. The highest BCUT2D eigenvalue weighted by Gasteiger charge is 2.18. The van der Waals surface area contributed by atoms with Crippen LogP contribution in [0.1, 0.15) is 19.4 Å². The summed E-state index contributed by atoms with van der Waals surface area (Å²) < 4.78 is 1.57. The van der Waals surface area contributed by atoms with E-state index in [4.69, 9.17) is 5.11 Å². The number of carboxylic acid groups (broad SMARTS) is 1. The van der Waals surface area contributed by atoms with Gasteiger partial charge >= 0.3 is 5.97 Å². The van der Waals surface area contributed by atoms with Crippen LogP contribution in [0.4, 0.5) is 0 Å². The van der Waals surface area contributed by atoms with Crippen molar-refractivity contribution >= 4 is 16.7 Å². The van der Waals surface area contributed by atoms with E-state index in [0.717, 1.165) is 16.3 Å². The van der Waals surface area contributed by atoms with E-state index >= 15 is 0 Å². The minimum Gasteiger partial charge on any atom is -0.481 e. The van der Waals surface area contributed by atoms with E-state index in [1.165, 1.54) is 0 Å². The summed E-state index contributed by atoms with van der Waals surface area (Å²) in [6.07, 6.45) is -0.0250. The second-order valence-electron chi connectivity index (χ2n) is 4.92. The summed E-state index contributed by atoms with van der Waals surface area (Å²) in [6.45, 7) is 1.79. The second kappa shape index (κ2) is 5.32. The van der Waals surface area contributed by atoms with Crippen molar-refractivity contribution in [3.8, 4) is 11.4 Å². The Labute approximate surface area is 121 Å². The molecule has 6 heteroatoms. The molecule has 0 bridgehead atoms. The van der Waals surface area contributed by atoms with E-state index in [1.54, 1.807) is 11.6 Å². The average molecular weight is 282 g/mol. The third kappa shape index (κ3) is 2.47. The molecule has 106 valence electrons. The minimum atomic E-state index is -0.873. The number of nitrogens with zero attached hydrogens (tertiary/aromatic N) is 4. The van der Waals surface area contributed by atoms with E-state index in [1.807, 2.05) is 42.5 Å². The normalized spacial score (nSPS) is 12.4. The molecule has 1 heterocycles. The van der Waals surface area contributed by atoms with Crippen LogP contribution in [0.25, 0.3) is 22.2 Å². The number of rotatable bonds is 4. The number of tetrazole rings is 1. The van der Waals surface area contributed by atoms with Crippen molar-refractivity contribution in [1.29, 1.82) is 0 Å². The van der Waals surface area contributed by atoms with Crippen molar-refractivity contribution in [3.63, 3.8) is 0 Å². The molecule has 0 spiro atoms. The smallest absolute Gasteiger partial charge is 0.305 e. The first-order valence-corrected chi connectivity index (χ1v) is 6.64. The van der Waals surface area contributed by atoms with E-state index in [-0.39, 0.29) is 12.5 Å². The Morgan fingerprint density at radius 1 is 1.24 bits per heavy atom. The van der Waals surface area contributed by atoms with Gasteiger partial charge in [0.2, 0.25) is 0 Å². The van der Waals surface area contributed by atoms with Crippen molar-refractivity contribution in [2.24, 2.45) is 0 Å². The van der Waals surface area contributed by atoms with Gasteiger partial charge in [-0.15, -0.1) is 5.10 Å². The number of carbonyl (C=O) groups is 1. The lowest BCUT2D eigenvalue weighted by atomic mass is 10.0. The fourth-order valence-corrected chi connectivity index (χ4v) is 2.43. The van der Waals surface area contributed by atoms with Gasteiger partial charge in [-0.3, -0.25) is 4.79 Å². The highest BCUT2D eigenvalue weighted by molar-refractivity contribution is 5.95. The first-order valence-electron chi connectivity index (χ1n) is 6.64. The van der Waals surface area contributed by atoms with Crippen LogP contribution in [-0.4, -0.2) is 31.3 Å². The lowest BCUT2D eigenvalue weighted by Crippen LogP contribution is -2.13. The standard InChI is InChI=1S/C15H14N4O2/c1-10(9-14(20)21)19-15(16-17-18-19)13-8-4-6-11-5-2-3-7-12(11)13/h2-8,10H,9H2,1H3,(H,20,21). The summed E-state index contributed by atoms with van der Waals surface area (Å²) in [5.74, 6) is -0.289. The Bertz CT molecular complexity index is 792. The van der Waals surface area contributed by atoms with Gasteiger partial charge in [0.1, 0.15) is 0 Å². The minimum absolute atomic E-state index is 0.0250. The molecule has 0 aliphatic carbocycles. The highest BCUT2D eigenvalue weighted by atomic mass is 16.4. The van der Waals surface area contributed by atoms with Crippen LogP contribution < -0.4 is 0 Å². The van der Waals surface area contributed by atoms with Crippen LogP contribution in [0, 0.1) is 0 Å². The zero-order chi connectivity index (χ0) is 14.8. The molecule has 1 N–H and O–H groups in total. The van der Waals surface area contributed by atoms with Crippen molar-refractivity contribution in [2.45, 2.75) is 19.4 Å². The van der Waals surface area contributed by atoms with Gasteiger partial charge in [-0.2, -0.15) is 0 Å². The summed E-state index contributed by atoms with van der Waals surface area (Å²) in [6, 6.07) is 13.6. The first kappa shape index (κ1) is 13.2. The molecule has 1 unspecified atom stereocenters. The maximum absolute atomic E-state index is 10.9. The number of fused-ring (bicyclic) bond motifs is 1. The second-order valence-corrected chi connectivity index (χ2v) is 4.92. The van der Waals surface area contributed by atoms with Gasteiger partial charge in [0.05, 0.1) is 12.5 Å². The van der Waals surface area contributed by atoms with E-state index < -0.39 is 5.97 Å². The number of carboxylic acids is 1. The van der Waals surface area contributed by atoms with Crippen molar-refractivity contribution < 1.29 is 9.90 Å². The fourth-order valence-electron chi connectivity index (χ4n) is 2.43. The zero-order valence-corrected chi connectivity index (χ0v) is 11.5. The van der Waals surface area contributed by atoms with Crippen molar-refractivity contribution in [2.75, 3.05) is 0 Å². The summed E-state index contributed by atoms with van der Waals surface area (Å²) in [7, 11) is 0. The molecule has 0 saturated heterocycles. The maximum Gasteiger partial charge on any atom is 0.305 e. The highest BCUT2D eigenvalue weighted by Crippen LogP contribution is 2.28. The van der Waals surface area contributed by atoms with Gasteiger partial charge in [-0.25, -0.2) is 4.68 Å². The molecule has 3 aromatic rings. The number of benzene rings is 2. The predicted octanol–water partition coefficient (Wildman–Crippen LogP) is 2.53. The van der Waals surface area contributed by atoms with E-state index in [0.29, 0.717) is 5.82 Å². The molecule has 6 nitrogen and oxygen atoms in total. The molecule has 0 saturated carbocycles. The van der Waals surface area contributed by atoms with E-state index in [9.17, 15) is 4.79 Å². The SMILES string of the molecule is CC(CC(=O)O)n1nnnc1-c1cccc2ccccc12. The summed E-state index contributed by atoms with van der Waals surface area (Å²) in [4.78, 5) is 10.9. The van der Waals surface area contributed by atoms with Crippen LogP contribution in [0.2, 0.25) is 0 Å². The lowest BCUT2D eigenvalue weighted by molar-refractivity contribution is -0.137. The molecule has 0 aliphatic rings. The molecule has 0 radical (unpaired) electrons. The molecular formula is C15H14N4O2. The monoisotopic (exact) mass is 282 g/mol. The largest absolute Gasteiger partial charge is 0.481 e. The van der Waals surface area contributed by atoms with Crippen molar-refractivity contribution in [3.05, 3.63) is 42.5 Å². The number of aliphatic carboxylic acids is 1. The average Bonchev–Trinajstić information content (AvgIpc) is 2.95. The van der Waals surface area contributed by atoms with Crippen molar-refractivity contribution in [1.82, 2.24) is 20.2 Å². The Kier molecular flexibility index (Phi) is 3.35. The number of hydrogen-bond acceptors (Lipinski definition) is 4. The van der Waals surface area contributed by atoms with Gasteiger partial charge in [0.25, 0.3) is 0 Å². The summed E-state index contributed by atoms with van der Waals surface area (Å²) in [5.41, 5.74) is 0.898. The van der Waals surface area contributed by atoms with Gasteiger partial charge in [0, 0.05) is 5.56 Å². The molecule has 0 amide bonds. The molecule has 1 aromatic heterocycles. The third-order valence-electron chi connectivity index (χ3n) is 3.41. The Morgan fingerprint density at radius 2 is 2.00 bits per heavy atom. The van der Waals surface area contributed by atoms with Crippen LogP contribution in [0.3, 0.4) is 0 Å². The number of hydrogen-bond donors (Lipinski definition) is 1. The topological polar surface area (TPSA) is 80.9 Å². The van der Waals surface area contributed by atoms with Crippen LogP contribution >= 0.6 is 0 Å². The van der Waals surface area contributed by atoms with Crippen LogP contribution in [0.5, 0.6) is 0 Å². The summed E-state index contributed by atoms with van der Waals surface area (Å²) >= 11 is 0. The zero-order valence-electron chi connectivity index (χ0n) is 11.5. The molecule has 0 fully saturated rings. The lowest BCUT2D eigenvalue weighted by Gasteiger charge is -2.12. The quantitative estimate of drug-likeness (QED) is 0.795. The predicted molar refractivity (Wildman–Crippen MR) is 77.7 cm³/mol. The van der Waals surface area contributed by atoms with Gasteiger partial charge in [-0.1, -0.05) is 42.5 Å².